The number of anilines is 1. The smallest absolute Gasteiger partial charge is 0.322 e. The van der Waals surface area contributed by atoms with E-state index in [-0.39, 0.29) is 0 Å². The maximum Gasteiger partial charge on any atom is 0.322 e. The van der Waals surface area contributed by atoms with Crippen molar-refractivity contribution in [3.63, 3.8) is 0 Å². The van der Waals surface area contributed by atoms with Crippen LogP contribution in [0.2, 0.25) is 0 Å². The maximum absolute atomic E-state index is 11.5. The molecule has 0 aromatic heterocycles. The third-order valence-corrected chi connectivity index (χ3v) is 2.33. The van der Waals surface area contributed by atoms with Crippen LogP contribution in [0.3, 0.4) is 0 Å². The fraction of sp³-hybridized carbons (Fsp3) is 0.111. The van der Waals surface area contributed by atoms with Gasteiger partial charge in [-0.3, -0.25) is 9.59 Å². The van der Waals surface area contributed by atoms with E-state index in [2.05, 4.69) is 21.2 Å². The predicted octanol–water partition coefficient (Wildman–Crippen LogP) is 0.846. The molecule has 0 spiro atoms. The molecule has 0 aliphatic heterocycles. The first-order chi connectivity index (χ1) is 7.00. The highest BCUT2D eigenvalue weighted by Gasteiger charge is 2.10. The quantitative estimate of drug-likeness (QED) is 0.712. The highest BCUT2D eigenvalue weighted by Crippen LogP contribution is 2.19. The topological polar surface area (TPSA) is 92.4 Å². The first-order valence-corrected chi connectivity index (χ1v) is 4.85. The van der Waals surface area contributed by atoms with Crippen LogP contribution in [0.25, 0.3) is 0 Å². The first kappa shape index (κ1) is 11.5. The molecule has 4 N–H and O–H groups in total. The molecule has 0 aliphatic carbocycles. The van der Waals surface area contributed by atoms with Gasteiger partial charge in [0, 0.05) is 10.2 Å². The largest absolute Gasteiger partial charge is 0.480 e. The van der Waals surface area contributed by atoms with Crippen LogP contribution in [0, 0.1) is 0 Å². The van der Waals surface area contributed by atoms with Crippen LogP contribution in [0.4, 0.5) is 5.69 Å². The van der Waals surface area contributed by atoms with E-state index in [9.17, 15) is 9.59 Å². The zero-order valence-electron chi connectivity index (χ0n) is 7.66. The molecule has 15 heavy (non-hydrogen) atoms. The summed E-state index contributed by atoms with van der Waals surface area (Å²) in [5, 5.41) is 10.6. The highest BCUT2D eigenvalue weighted by molar-refractivity contribution is 9.10. The van der Waals surface area contributed by atoms with Gasteiger partial charge in [-0.25, -0.2) is 0 Å². The minimum Gasteiger partial charge on any atom is -0.480 e. The molecule has 1 aromatic carbocycles. The van der Waals surface area contributed by atoms with Gasteiger partial charge in [0.05, 0.1) is 5.56 Å². The van der Waals surface area contributed by atoms with Crippen LogP contribution in [0.1, 0.15) is 10.4 Å². The Morgan fingerprint density at radius 3 is 2.73 bits per heavy atom. The van der Waals surface area contributed by atoms with Crippen molar-refractivity contribution in [2.75, 3.05) is 12.3 Å². The molecule has 1 amide bonds. The summed E-state index contributed by atoms with van der Waals surface area (Å²) in [6.07, 6.45) is 0. The third-order valence-electron chi connectivity index (χ3n) is 1.64. The van der Waals surface area contributed by atoms with Crippen LogP contribution >= 0.6 is 15.9 Å². The minimum absolute atomic E-state index is 0.316. The van der Waals surface area contributed by atoms with E-state index in [1.54, 1.807) is 12.1 Å². The number of hydrogen-bond acceptors (Lipinski definition) is 3. The van der Waals surface area contributed by atoms with Crippen molar-refractivity contribution in [3.05, 3.63) is 28.2 Å². The maximum atomic E-state index is 11.5. The van der Waals surface area contributed by atoms with Gasteiger partial charge in [0.2, 0.25) is 0 Å². The SMILES string of the molecule is Nc1ccc(Br)c(C(=O)NCC(=O)O)c1. The van der Waals surface area contributed by atoms with E-state index < -0.39 is 18.4 Å². The average molecular weight is 273 g/mol. The van der Waals surface area contributed by atoms with Crippen LogP contribution in [-0.2, 0) is 4.79 Å². The van der Waals surface area contributed by atoms with Crippen LogP contribution in [0.15, 0.2) is 22.7 Å². The Morgan fingerprint density at radius 1 is 1.47 bits per heavy atom. The summed E-state index contributed by atoms with van der Waals surface area (Å²) in [6.45, 7) is -0.417. The van der Waals surface area contributed by atoms with Crippen molar-refractivity contribution in [1.82, 2.24) is 5.32 Å². The molecule has 80 valence electrons. The summed E-state index contributed by atoms with van der Waals surface area (Å²) in [4.78, 5) is 21.7. The molecule has 0 saturated heterocycles. The number of benzene rings is 1. The van der Waals surface area contributed by atoms with Crippen molar-refractivity contribution in [2.45, 2.75) is 0 Å². The lowest BCUT2D eigenvalue weighted by Crippen LogP contribution is -2.29. The highest BCUT2D eigenvalue weighted by atomic mass is 79.9. The summed E-state index contributed by atoms with van der Waals surface area (Å²) in [5.74, 6) is -1.57. The molecule has 6 heteroatoms. The fourth-order valence-corrected chi connectivity index (χ4v) is 1.39. The van der Waals surface area contributed by atoms with Gasteiger partial charge in [-0.05, 0) is 34.1 Å². The Labute approximate surface area is 94.4 Å². The van der Waals surface area contributed by atoms with Crippen molar-refractivity contribution in [2.24, 2.45) is 0 Å². The molecule has 5 nitrogen and oxygen atoms in total. The molecular weight excluding hydrogens is 264 g/mol. The van der Waals surface area contributed by atoms with Crippen molar-refractivity contribution in [3.8, 4) is 0 Å². The standard InChI is InChI=1S/C9H9BrN2O3/c10-7-2-1-5(11)3-6(7)9(15)12-4-8(13)14/h1-3H,4,11H2,(H,12,15)(H,13,14). The van der Waals surface area contributed by atoms with Gasteiger partial charge in [0.1, 0.15) is 6.54 Å². The molecule has 0 heterocycles. The van der Waals surface area contributed by atoms with Crippen LogP contribution < -0.4 is 11.1 Å². The van der Waals surface area contributed by atoms with Crippen LogP contribution in [-0.4, -0.2) is 23.5 Å². The van der Waals surface area contributed by atoms with Crippen molar-refractivity contribution >= 4 is 33.5 Å². The van der Waals surface area contributed by atoms with E-state index >= 15 is 0 Å². The van der Waals surface area contributed by atoms with Gasteiger partial charge in [0.15, 0.2) is 0 Å². The summed E-state index contributed by atoms with van der Waals surface area (Å²) >= 11 is 3.17. The number of nitrogen functional groups attached to an aromatic ring is 1. The number of carboxylic acid groups (broad SMARTS) is 1. The Morgan fingerprint density at radius 2 is 2.13 bits per heavy atom. The Bertz CT molecular complexity index is 406. The number of nitrogens with one attached hydrogen (secondary N) is 1. The van der Waals surface area contributed by atoms with E-state index in [1.165, 1.54) is 6.07 Å². The molecule has 0 fully saturated rings. The van der Waals surface area contributed by atoms with E-state index in [0.29, 0.717) is 15.7 Å². The summed E-state index contributed by atoms with van der Waals surface area (Å²) in [6, 6.07) is 4.74. The number of carbonyl (C=O) groups is 2. The summed E-state index contributed by atoms with van der Waals surface area (Å²) in [7, 11) is 0. The molecule has 0 radical (unpaired) electrons. The van der Waals surface area contributed by atoms with Crippen LogP contribution in [0.5, 0.6) is 0 Å². The van der Waals surface area contributed by atoms with Gasteiger partial charge < -0.3 is 16.2 Å². The van der Waals surface area contributed by atoms with E-state index in [1.807, 2.05) is 0 Å². The molecule has 1 aromatic rings. The number of carbonyl (C=O) groups excluding carboxylic acids is 1. The number of rotatable bonds is 3. The Hall–Kier alpha value is -1.56. The van der Waals surface area contributed by atoms with Gasteiger partial charge >= 0.3 is 5.97 Å². The Kier molecular flexibility index (Phi) is 3.68. The molecule has 0 aliphatic rings. The van der Waals surface area contributed by atoms with Gasteiger partial charge in [-0.1, -0.05) is 0 Å². The zero-order valence-corrected chi connectivity index (χ0v) is 9.24. The number of hydrogen-bond donors (Lipinski definition) is 3. The second-order valence-electron chi connectivity index (χ2n) is 2.82. The zero-order chi connectivity index (χ0) is 11.4. The van der Waals surface area contributed by atoms with Gasteiger partial charge in [-0.2, -0.15) is 0 Å². The Balaban J connectivity index is 2.81. The molecule has 0 atom stereocenters. The average Bonchev–Trinajstić information content (AvgIpc) is 2.18. The summed E-state index contributed by atoms with van der Waals surface area (Å²) in [5.41, 5.74) is 6.26. The second-order valence-corrected chi connectivity index (χ2v) is 3.67. The summed E-state index contributed by atoms with van der Waals surface area (Å²) < 4.78 is 0.569. The lowest BCUT2D eigenvalue weighted by molar-refractivity contribution is -0.135. The first-order valence-electron chi connectivity index (χ1n) is 4.05. The van der Waals surface area contributed by atoms with Crippen molar-refractivity contribution < 1.29 is 14.7 Å². The van der Waals surface area contributed by atoms with E-state index in [4.69, 9.17) is 10.8 Å². The molecule has 1 rings (SSSR count). The molecular formula is C9H9BrN2O3. The number of aliphatic carboxylic acids is 1. The number of carboxylic acids is 1. The number of nitrogens with two attached hydrogens (primary N) is 1. The lowest BCUT2D eigenvalue weighted by Gasteiger charge is -2.05. The van der Waals surface area contributed by atoms with E-state index in [0.717, 1.165) is 0 Å². The molecule has 0 saturated carbocycles. The molecule has 0 unspecified atom stereocenters. The second kappa shape index (κ2) is 4.79. The minimum atomic E-state index is -1.09. The number of halogens is 1. The predicted molar refractivity (Wildman–Crippen MR) is 58.5 cm³/mol. The van der Waals surface area contributed by atoms with Gasteiger partial charge in [-0.15, -0.1) is 0 Å². The monoisotopic (exact) mass is 272 g/mol. The van der Waals surface area contributed by atoms with Gasteiger partial charge in [0.25, 0.3) is 5.91 Å². The van der Waals surface area contributed by atoms with Crippen molar-refractivity contribution in [1.29, 1.82) is 0 Å². The molecule has 0 bridgehead atoms. The lowest BCUT2D eigenvalue weighted by atomic mass is 10.2. The normalized spacial score (nSPS) is 9.67. The third kappa shape index (κ3) is 3.25. The fourth-order valence-electron chi connectivity index (χ4n) is 0.968. The number of amides is 1.